The Labute approximate surface area is 140 Å². The SMILES string of the molecule is C=C(C)[C@H]1OCC[C@@H]1CNC(=O)c1c(OCC)cccc1[N+](=O)[O-]. The Bertz CT molecular complexity index is 644. The van der Waals surface area contributed by atoms with Gasteiger partial charge in [-0.1, -0.05) is 18.2 Å². The molecular formula is C17H22N2O5. The maximum Gasteiger partial charge on any atom is 0.285 e. The van der Waals surface area contributed by atoms with Gasteiger partial charge in [-0.3, -0.25) is 14.9 Å². The van der Waals surface area contributed by atoms with Crippen LogP contribution in [0.4, 0.5) is 5.69 Å². The third kappa shape index (κ3) is 3.91. The number of carbonyl (C=O) groups excluding carboxylic acids is 1. The van der Waals surface area contributed by atoms with Gasteiger partial charge in [0.2, 0.25) is 0 Å². The van der Waals surface area contributed by atoms with E-state index in [1.54, 1.807) is 13.0 Å². The second-order valence-electron chi connectivity index (χ2n) is 5.74. The summed E-state index contributed by atoms with van der Waals surface area (Å²) < 4.78 is 11.0. The Morgan fingerprint density at radius 2 is 2.29 bits per heavy atom. The van der Waals surface area contributed by atoms with Crippen LogP contribution in [0.3, 0.4) is 0 Å². The number of ether oxygens (including phenoxy) is 2. The fourth-order valence-corrected chi connectivity index (χ4v) is 2.88. The molecule has 24 heavy (non-hydrogen) atoms. The Balaban J connectivity index is 2.17. The Hall–Kier alpha value is -2.41. The van der Waals surface area contributed by atoms with Crippen LogP contribution in [0, 0.1) is 16.0 Å². The number of nitro groups is 1. The summed E-state index contributed by atoms with van der Waals surface area (Å²) >= 11 is 0. The van der Waals surface area contributed by atoms with Crippen molar-refractivity contribution in [1.29, 1.82) is 0 Å². The van der Waals surface area contributed by atoms with Crippen molar-refractivity contribution in [3.63, 3.8) is 0 Å². The predicted octanol–water partition coefficient (Wildman–Crippen LogP) is 2.70. The minimum atomic E-state index is -0.577. The van der Waals surface area contributed by atoms with Crippen LogP contribution >= 0.6 is 0 Å². The minimum Gasteiger partial charge on any atom is -0.493 e. The first-order chi connectivity index (χ1) is 11.5. The number of hydrogen-bond acceptors (Lipinski definition) is 5. The number of amides is 1. The van der Waals surface area contributed by atoms with Gasteiger partial charge < -0.3 is 14.8 Å². The van der Waals surface area contributed by atoms with E-state index in [0.29, 0.717) is 19.8 Å². The Kier molecular flexibility index (Phi) is 5.92. The lowest BCUT2D eigenvalue weighted by molar-refractivity contribution is -0.385. The number of nitrogens with one attached hydrogen (secondary N) is 1. The molecule has 7 nitrogen and oxygen atoms in total. The second kappa shape index (κ2) is 7.92. The molecule has 1 heterocycles. The lowest BCUT2D eigenvalue weighted by Gasteiger charge is -2.19. The van der Waals surface area contributed by atoms with Crippen LogP contribution in [0.2, 0.25) is 0 Å². The molecule has 1 fully saturated rings. The highest BCUT2D eigenvalue weighted by Crippen LogP contribution is 2.29. The zero-order valence-corrected chi connectivity index (χ0v) is 13.9. The number of rotatable bonds is 7. The molecule has 0 bridgehead atoms. The smallest absolute Gasteiger partial charge is 0.285 e. The van der Waals surface area contributed by atoms with Crippen molar-refractivity contribution in [2.24, 2.45) is 5.92 Å². The quantitative estimate of drug-likeness (QED) is 0.470. The van der Waals surface area contributed by atoms with E-state index in [2.05, 4.69) is 11.9 Å². The molecule has 0 unspecified atom stereocenters. The first kappa shape index (κ1) is 17.9. The fraction of sp³-hybridized carbons (Fsp3) is 0.471. The van der Waals surface area contributed by atoms with Crippen LogP contribution in [0.15, 0.2) is 30.4 Å². The van der Waals surface area contributed by atoms with Crippen molar-refractivity contribution in [3.05, 3.63) is 46.0 Å². The van der Waals surface area contributed by atoms with Crippen LogP contribution in [-0.2, 0) is 4.74 Å². The summed E-state index contributed by atoms with van der Waals surface area (Å²) in [5.74, 6) is -0.189. The summed E-state index contributed by atoms with van der Waals surface area (Å²) in [5.41, 5.74) is 0.597. The molecule has 7 heteroatoms. The van der Waals surface area contributed by atoms with E-state index in [1.165, 1.54) is 12.1 Å². The molecule has 0 spiro atoms. The first-order valence-electron chi connectivity index (χ1n) is 7.91. The average molecular weight is 334 g/mol. The van der Waals surface area contributed by atoms with E-state index >= 15 is 0 Å². The number of benzene rings is 1. The highest BCUT2D eigenvalue weighted by atomic mass is 16.6. The summed E-state index contributed by atoms with van der Waals surface area (Å²) in [5, 5.41) is 14.0. The van der Waals surface area contributed by atoms with Gasteiger partial charge in [0.25, 0.3) is 11.6 Å². The average Bonchev–Trinajstić information content (AvgIpc) is 3.01. The lowest BCUT2D eigenvalue weighted by atomic mass is 9.97. The Morgan fingerprint density at radius 3 is 2.92 bits per heavy atom. The maximum atomic E-state index is 12.5. The van der Waals surface area contributed by atoms with E-state index in [4.69, 9.17) is 9.47 Å². The van der Waals surface area contributed by atoms with Crippen LogP contribution in [-0.4, -0.2) is 36.7 Å². The van der Waals surface area contributed by atoms with E-state index < -0.39 is 10.8 Å². The van der Waals surface area contributed by atoms with Gasteiger partial charge in [0.1, 0.15) is 5.75 Å². The molecule has 1 aliphatic rings. The molecule has 0 radical (unpaired) electrons. The van der Waals surface area contributed by atoms with Crippen LogP contribution in [0.5, 0.6) is 5.75 Å². The van der Waals surface area contributed by atoms with Gasteiger partial charge in [-0.2, -0.15) is 0 Å². The van der Waals surface area contributed by atoms with E-state index in [-0.39, 0.29) is 29.0 Å². The number of carbonyl (C=O) groups is 1. The van der Waals surface area contributed by atoms with Gasteiger partial charge in [-0.25, -0.2) is 0 Å². The number of hydrogen-bond donors (Lipinski definition) is 1. The predicted molar refractivity (Wildman–Crippen MR) is 89.3 cm³/mol. The van der Waals surface area contributed by atoms with Crippen LogP contribution < -0.4 is 10.1 Å². The zero-order valence-electron chi connectivity index (χ0n) is 13.9. The van der Waals surface area contributed by atoms with Gasteiger partial charge in [-0.15, -0.1) is 0 Å². The molecule has 0 aliphatic carbocycles. The molecule has 0 saturated carbocycles. The molecule has 1 aromatic carbocycles. The summed E-state index contributed by atoms with van der Waals surface area (Å²) in [6.07, 6.45) is 0.718. The van der Waals surface area contributed by atoms with Crippen molar-refractivity contribution in [2.45, 2.75) is 26.4 Å². The van der Waals surface area contributed by atoms with Gasteiger partial charge in [0.05, 0.1) is 17.6 Å². The molecule has 2 atom stereocenters. The molecule has 2 rings (SSSR count). The summed E-state index contributed by atoms with van der Waals surface area (Å²) in [4.78, 5) is 23.2. The minimum absolute atomic E-state index is 0.0462. The van der Waals surface area contributed by atoms with Gasteiger partial charge >= 0.3 is 0 Å². The van der Waals surface area contributed by atoms with Crippen molar-refractivity contribution in [3.8, 4) is 5.75 Å². The van der Waals surface area contributed by atoms with Crippen LogP contribution in [0.1, 0.15) is 30.6 Å². The third-order valence-corrected chi connectivity index (χ3v) is 3.95. The standard InChI is InChI=1S/C17H22N2O5/c1-4-23-14-7-5-6-13(19(21)22)15(14)17(20)18-10-12-8-9-24-16(12)11(2)3/h5-7,12,16H,2,4,8-10H2,1,3H3,(H,18,20)/t12-,16-/m1/s1. The molecule has 1 saturated heterocycles. The zero-order chi connectivity index (χ0) is 17.7. The van der Waals surface area contributed by atoms with E-state index in [0.717, 1.165) is 12.0 Å². The molecule has 0 aromatic heterocycles. The second-order valence-corrected chi connectivity index (χ2v) is 5.74. The number of nitro benzene ring substituents is 1. The summed E-state index contributed by atoms with van der Waals surface area (Å²) in [6.45, 7) is 8.85. The van der Waals surface area contributed by atoms with Crippen LogP contribution in [0.25, 0.3) is 0 Å². The van der Waals surface area contributed by atoms with Gasteiger partial charge in [-0.05, 0) is 26.3 Å². The topological polar surface area (TPSA) is 90.7 Å². The highest BCUT2D eigenvalue weighted by molar-refractivity contribution is 6.00. The molecular weight excluding hydrogens is 312 g/mol. The highest BCUT2D eigenvalue weighted by Gasteiger charge is 2.31. The van der Waals surface area contributed by atoms with Crippen molar-refractivity contribution in [1.82, 2.24) is 5.32 Å². The normalized spacial score (nSPS) is 19.8. The van der Waals surface area contributed by atoms with E-state index in [1.807, 2.05) is 6.92 Å². The van der Waals surface area contributed by atoms with Crippen molar-refractivity contribution in [2.75, 3.05) is 19.8 Å². The molecule has 1 amide bonds. The maximum absolute atomic E-state index is 12.5. The fourth-order valence-electron chi connectivity index (χ4n) is 2.88. The van der Waals surface area contributed by atoms with Gasteiger partial charge in [0, 0.05) is 25.1 Å². The molecule has 130 valence electrons. The molecule has 1 N–H and O–H groups in total. The largest absolute Gasteiger partial charge is 0.493 e. The lowest BCUT2D eigenvalue weighted by Crippen LogP contribution is -2.33. The Morgan fingerprint density at radius 1 is 1.54 bits per heavy atom. The van der Waals surface area contributed by atoms with E-state index in [9.17, 15) is 14.9 Å². The molecule has 1 aromatic rings. The van der Waals surface area contributed by atoms with Gasteiger partial charge in [0.15, 0.2) is 5.56 Å². The summed E-state index contributed by atoms with van der Waals surface area (Å²) in [6, 6.07) is 4.36. The summed E-state index contributed by atoms with van der Waals surface area (Å²) in [7, 11) is 0. The van der Waals surface area contributed by atoms with Crippen molar-refractivity contribution < 1.29 is 19.2 Å². The number of nitrogens with zero attached hydrogens (tertiary/aromatic N) is 1. The third-order valence-electron chi connectivity index (χ3n) is 3.95. The van der Waals surface area contributed by atoms with Crippen molar-refractivity contribution >= 4 is 11.6 Å². The molecule has 1 aliphatic heterocycles. The first-order valence-corrected chi connectivity index (χ1v) is 7.91. The monoisotopic (exact) mass is 334 g/mol.